The Kier molecular flexibility index (Phi) is 6.54. The molecule has 5 rings (SSSR count). The van der Waals surface area contributed by atoms with E-state index in [1.807, 2.05) is 37.0 Å². The monoisotopic (exact) mass is 483 g/mol. The first-order chi connectivity index (χ1) is 16.4. The molecule has 1 aliphatic carbocycles. The number of hydrogen-bond acceptors (Lipinski definition) is 3. The summed E-state index contributed by atoms with van der Waals surface area (Å²) in [5, 5.41) is 1.45. The second-order valence-electron chi connectivity index (χ2n) is 9.84. The van der Waals surface area contributed by atoms with Crippen molar-refractivity contribution in [2.75, 3.05) is 33.8 Å². The number of benzene rings is 2. The summed E-state index contributed by atoms with van der Waals surface area (Å²) in [6, 6.07) is 10.8. The van der Waals surface area contributed by atoms with Gasteiger partial charge in [-0.3, -0.25) is 9.69 Å². The average molecular weight is 484 g/mol. The van der Waals surface area contributed by atoms with E-state index in [0.717, 1.165) is 73.2 Å². The van der Waals surface area contributed by atoms with Crippen LogP contribution in [0.3, 0.4) is 0 Å². The van der Waals surface area contributed by atoms with Crippen molar-refractivity contribution in [1.29, 1.82) is 0 Å². The van der Waals surface area contributed by atoms with E-state index in [2.05, 4.69) is 11.0 Å². The van der Waals surface area contributed by atoms with E-state index in [4.69, 9.17) is 16.3 Å². The van der Waals surface area contributed by atoms with Crippen molar-refractivity contribution in [3.05, 3.63) is 59.0 Å². The van der Waals surface area contributed by atoms with E-state index in [0.29, 0.717) is 17.5 Å². The predicted octanol–water partition coefficient (Wildman–Crippen LogP) is 5.51. The number of ether oxygens (including phenoxy) is 1. The summed E-state index contributed by atoms with van der Waals surface area (Å²) in [6.07, 6.45) is 6.06. The van der Waals surface area contributed by atoms with Gasteiger partial charge in [0.2, 0.25) is 5.91 Å². The smallest absolute Gasteiger partial charge is 0.225 e. The first-order valence-corrected chi connectivity index (χ1v) is 12.4. The lowest BCUT2D eigenvalue weighted by Crippen LogP contribution is -2.36. The molecule has 1 fully saturated rings. The summed E-state index contributed by atoms with van der Waals surface area (Å²) in [5.41, 5.74) is 2.95. The average Bonchev–Trinajstić information content (AvgIpc) is 3.12. The molecule has 0 saturated heterocycles. The van der Waals surface area contributed by atoms with E-state index in [1.54, 1.807) is 17.0 Å². The fourth-order valence-corrected chi connectivity index (χ4v) is 5.75. The Bertz CT molecular complexity index is 1200. The summed E-state index contributed by atoms with van der Waals surface area (Å²) < 4.78 is 21.8. The molecule has 1 aromatic heterocycles. The van der Waals surface area contributed by atoms with Crippen molar-refractivity contribution in [2.24, 2.45) is 11.8 Å². The number of halogens is 2. The van der Waals surface area contributed by atoms with Gasteiger partial charge in [0.15, 0.2) is 0 Å². The van der Waals surface area contributed by atoms with Gasteiger partial charge in [-0.1, -0.05) is 11.6 Å². The summed E-state index contributed by atoms with van der Waals surface area (Å²) in [4.78, 5) is 16.5. The van der Waals surface area contributed by atoms with Crippen LogP contribution >= 0.6 is 11.6 Å². The van der Waals surface area contributed by atoms with Crippen LogP contribution in [0, 0.1) is 17.7 Å². The molecule has 2 heterocycles. The topological polar surface area (TPSA) is 37.7 Å². The number of fused-ring (bicyclic) bond motifs is 2. The molecule has 0 atom stereocenters. The molecule has 7 heteroatoms. The molecule has 0 bridgehead atoms. The molecule has 2 aromatic carbocycles. The zero-order valence-corrected chi connectivity index (χ0v) is 20.5. The molecule has 3 aromatic rings. The molecule has 1 aliphatic heterocycles. The van der Waals surface area contributed by atoms with Crippen LogP contribution < -0.4 is 4.74 Å². The SMILES string of the molecule is CN(C)C(=O)C1CCC(CN2CCOc3c(Cl)cc(-n4ccc5cc(F)ccc54)cc3C2)CC1. The van der Waals surface area contributed by atoms with Crippen LogP contribution in [0.25, 0.3) is 16.6 Å². The van der Waals surface area contributed by atoms with Crippen LogP contribution in [-0.2, 0) is 11.3 Å². The Morgan fingerprint density at radius 2 is 1.94 bits per heavy atom. The van der Waals surface area contributed by atoms with Crippen molar-refractivity contribution < 1.29 is 13.9 Å². The highest BCUT2D eigenvalue weighted by Gasteiger charge is 2.29. The van der Waals surface area contributed by atoms with Gasteiger partial charge in [0.1, 0.15) is 18.2 Å². The fourth-order valence-electron chi connectivity index (χ4n) is 5.47. The largest absolute Gasteiger partial charge is 0.490 e. The van der Waals surface area contributed by atoms with Gasteiger partial charge < -0.3 is 14.2 Å². The molecule has 5 nitrogen and oxygen atoms in total. The van der Waals surface area contributed by atoms with Gasteiger partial charge >= 0.3 is 0 Å². The van der Waals surface area contributed by atoms with Crippen LogP contribution in [0.1, 0.15) is 31.2 Å². The van der Waals surface area contributed by atoms with Crippen LogP contribution in [0.15, 0.2) is 42.6 Å². The Labute approximate surface area is 205 Å². The number of amides is 1. The summed E-state index contributed by atoms with van der Waals surface area (Å²) in [7, 11) is 3.69. The lowest BCUT2D eigenvalue weighted by molar-refractivity contribution is -0.134. The molecule has 0 radical (unpaired) electrons. The zero-order chi connectivity index (χ0) is 23.8. The maximum atomic E-state index is 13.6. The van der Waals surface area contributed by atoms with E-state index in [-0.39, 0.29) is 17.6 Å². The van der Waals surface area contributed by atoms with Gasteiger partial charge in [0.25, 0.3) is 0 Å². The molecule has 1 saturated carbocycles. The van der Waals surface area contributed by atoms with Crippen molar-refractivity contribution in [3.63, 3.8) is 0 Å². The lowest BCUT2D eigenvalue weighted by atomic mass is 9.81. The number of rotatable bonds is 4. The van der Waals surface area contributed by atoms with E-state index < -0.39 is 0 Å². The van der Waals surface area contributed by atoms with Crippen molar-refractivity contribution in [2.45, 2.75) is 32.2 Å². The number of hydrogen-bond donors (Lipinski definition) is 0. The number of aromatic nitrogens is 1. The van der Waals surface area contributed by atoms with Gasteiger partial charge in [0.05, 0.1) is 10.5 Å². The minimum Gasteiger partial charge on any atom is -0.490 e. The van der Waals surface area contributed by atoms with Crippen LogP contribution in [-0.4, -0.2) is 54.1 Å². The Hall–Kier alpha value is -2.57. The van der Waals surface area contributed by atoms with Crippen LogP contribution in [0.4, 0.5) is 4.39 Å². The van der Waals surface area contributed by atoms with Crippen LogP contribution in [0.5, 0.6) is 5.75 Å². The molecule has 0 unspecified atom stereocenters. The second-order valence-corrected chi connectivity index (χ2v) is 10.2. The van der Waals surface area contributed by atoms with Gasteiger partial charge in [-0.05, 0) is 68.0 Å². The molecule has 1 amide bonds. The normalized spacial score (nSPS) is 21.1. The van der Waals surface area contributed by atoms with Crippen molar-refractivity contribution in [3.8, 4) is 11.4 Å². The maximum Gasteiger partial charge on any atom is 0.225 e. The summed E-state index contributed by atoms with van der Waals surface area (Å²) in [6.45, 7) is 3.22. The minimum atomic E-state index is -0.241. The third-order valence-electron chi connectivity index (χ3n) is 7.24. The van der Waals surface area contributed by atoms with E-state index >= 15 is 0 Å². The quantitative estimate of drug-likeness (QED) is 0.491. The third-order valence-corrected chi connectivity index (χ3v) is 7.52. The highest BCUT2D eigenvalue weighted by atomic mass is 35.5. The minimum absolute atomic E-state index is 0.172. The first-order valence-electron chi connectivity index (χ1n) is 12.0. The number of carbonyl (C=O) groups excluding carboxylic acids is 1. The summed E-state index contributed by atoms with van der Waals surface area (Å²) in [5.74, 6) is 1.54. The van der Waals surface area contributed by atoms with E-state index in [1.165, 1.54) is 6.07 Å². The van der Waals surface area contributed by atoms with Gasteiger partial charge in [-0.25, -0.2) is 4.39 Å². The lowest BCUT2D eigenvalue weighted by Gasteiger charge is -2.32. The van der Waals surface area contributed by atoms with Gasteiger partial charge in [0, 0.05) is 62.5 Å². The van der Waals surface area contributed by atoms with Crippen molar-refractivity contribution >= 4 is 28.4 Å². The molecule has 0 spiro atoms. The van der Waals surface area contributed by atoms with E-state index in [9.17, 15) is 9.18 Å². The Morgan fingerprint density at radius 3 is 2.71 bits per heavy atom. The summed E-state index contributed by atoms with van der Waals surface area (Å²) >= 11 is 6.67. The first kappa shape index (κ1) is 23.2. The Morgan fingerprint density at radius 1 is 1.15 bits per heavy atom. The highest BCUT2D eigenvalue weighted by Crippen LogP contribution is 2.36. The molecule has 2 aliphatic rings. The molecular weight excluding hydrogens is 453 g/mol. The molecule has 180 valence electrons. The standard InChI is InChI=1S/C27H31ClFN3O2/c1-30(2)27(33)19-5-3-18(4-6-19)16-31-11-12-34-26-21(17-31)14-23(15-24(26)28)32-10-9-20-13-22(29)7-8-25(20)32/h7-10,13-15,18-19H,3-6,11-12,16-17H2,1-2H3. The molecular formula is C27H31ClFN3O2. The number of nitrogens with zero attached hydrogens (tertiary/aromatic N) is 3. The Balaban J connectivity index is 1.33. The fraction of sp³-hybridized carbons (Fsp3) is 0.444. The van der Waals surface area contributed by atoms with Crippen molar-refractivity contribution in [1.82, 2.24) is 14.4 Å². The second kappa shape index (κ2) is 9.59. The molecule has 0 N–H and O–H groups in total. The maximum absolute atomic E-state index is 13.6. The van der Waals surface area contributed by atoms with Crippen LogP contribution in [0.2, 0.25) is 5.02 Å². The zero-order valence-electron chi connectivity index (χ0n) is 19.8. The predicted molar refractivity (Wildman–Crippen MR) is 133 cm³/mol. The molecule has 34 heavy (non-hydrogen) atoms. The number of carbonyl (C=O) groups is 1. The highest BCUT2D eigenvalue weighted by molar-refractivity contribution is 6.32. The van der Waals surface area contributed by atoms with Gasteiger partial charge in [-0.15, -0.1) is 0 Å². The van der Waals surface area contributed by atoms with Gasteiger partial charge in [-0.2, -0.15) is 0 Å². The third kappa shape index (κ3) is 4.66.